The molecule has 0 atom stereocenters. The third-order valence-electron chi connectivity index (χ3n) is 2.90. The highest BCUT2D eigenvalue weighted by Crippen LogP contribution is 2.25. The molecule has 2 nitrogen and oxygen atoms in total. The van der Waals surface area contributed by atoms with Crippen molar-refractivity contribution in [3.63, 3.8) is 0 Å². The van der Waals surface area contributed by atoms with E-state index in [0.29, 0.717) is 5.56 Å². The van der Waals surface area contributed by atoms with Crippen LogP contribution >= 0.6 is 31.9 Å². The van der Waals surface area contributed by atoms with Gasteiger partial charge in [-0.1, -0.05) is 34.1 Å². The topological polar surface area (TPSA) is 29.1 Å². The number of carbonyl (C=O) groups excluding carboxylic acids is 1. The molecule has 0 aliphatic heterocycles. The van der Waals surface area contributed by atoms with Crippen LogP contribution < -0.4 is 5.32 Å². The third-order valence-corrected chi connectivity index (χ3v) is 4.04. The van der Waals surface area contributed by atoms with Gasteiger partial charge in [-0.25, -0.2) is 0 Å². The minimum atomic E-state index is -0.114. The number of rotatable bonds is 2. The summed E-state index contributed by atoms with van der Waals surface area (Å²) < 4.78 is 1.70. The van der Waals surface area contributed by atoms with Gasteiger partial charge < -0.3 is 5.32 Å². The van der Waals surface area contributed by atoms with Crippen LogP contribution in [-0.2, 0) is 0 Å². The van der Waals surface area contributed by atoms with Gasteiger partial charge >= 0.3 is 0 Å². The van der Waals surface area contributed by atoms with Crippen LogP contribution in [0.1, 0.15) is 21.5 Å². The maximum absolute atomic E-state index is 12.3. The molecule has 2 rings (SSSR count). The van der Waals surface area contributed by atoms with E-state index >= 15 is 0 Å². The zero-order valence-electron chi connectivity index (χ0n) is 10.6. The Morgan fingerprint density at radius 3 is 2.26 bits per heavy atom. The van der Waals surface area contributed by atoms with E-state index in [4.69, 9.17) is 0 Å². The minimum Gasteiger partial charge on any atom is -0.321 e. The molecule has 2 aromatic rings. The number of anilines is 1. The molecule has 0 unspecified atom stereocenters. The van der Waals surface area contributed by atoms with Crippen LogP contribution in [-0.4, -0.2) is 5.91 Å². The standard InChI is InChI=1S/C15H13Br2NO/c1-9-4-3-5-10(2)14(9)18-15(19)12-7-6-11(16)8-13(12)17/h3-8H,1-2H3,(H,18,19). The highest BCUT2D eigenvalue weighted by Gasteiger charge is 2.12. The molecule has 0 saturated carbocycles. The molecule has 1 amide bonds. The molecule has 0 radical (unpaired) electrons. The number of aryl methyl sites for hydroxylation is 2. The zero-order chi connectivity index (χ0) is 14.0. The Hall–Kier alpha value is -1.13. The molecule has 98 valence electrons. The Morgan fingerprint density at radius 1 is 1.05 bits per heavy atom. The number of para-hydroxylation sites is 1. The summed E-state index contributed by atoms with van der Waals surface area (Å²) in [5.74, 6) is -0.114. The van der Waals surface area contributed by atoms with Gasteiger partial charge in [0.25, 0.3) is 5.91 Å². The predicted molar refractivity (Wildman–Crippen MR) is 85.7 cm³/mol. The Kier molecular flexibility index (Phi) is 4.42. The van der Waals surface area contributed by atoms with Crippen LogP contribution in [0.15, 0.2) is 45.3 Å². The Bertz CT molecular complexity index is 618. The van der Waals surface area contributed by atoms with Crippen molar-refractivity contribution in [2.45, 2.75) is 13.8 Å². The Morgan fingerprint density at radius 2 is 1.68 bits per heavy atom. The lowest BCUT2D eigenvalue weighted by Crippen LogP contribution is -2.14. The number of carbonyl (C=O) groups is 1. The molecule has 0 bridgehead atoms. The van der Waals surface area contributed by atoms with E-state index in [1.165, 1.54) is 0 Å². The first kappa shape index (κ1) is 14.3. The van der Waals surface area contributed by atoms with Gasteiger partial charge in [-0.05, 0) is 59.1 Å². The highest BCUT2D eigenvalue weighted by atomic mass is 79.9. The van der Waals surface area contributed by atoms with Crippen molar-refractivity contribution in [1.29, 1.82) is 0 Å². The quantitative estimate of drug-likeness (QED) is 0.770. The number of hydrogen-bond acceptors (Lipinski definition) is 1. The lowest BCUT2D eigenvalue weighted by atomic mass is 10.1. The van der Waals surface area contributed by atoms with E-state index in [-0.39, 0.29) is 5.91 Å². The van der Waals surface area contributed by atoms with E-state index in [2.05, 4.69) is 37.2 Å². The average molecular weight is 383 g/mol. The lowest BCUT2D eigenvalue weighted by molar-refractivity contribution is 0.102. The first-order valence-electron chi connectivity index (χ1n) is 5.81. The van der Waals surface area contributed by atoms with E-state index < -0.39 is 0 Å². The number of nitrogens with one attached hydrogen (secondary N) is 1. The summed E-state index contributed by atoms with van der Waals surface area (Å²) in [5.41, 5.74) is 3.61. The highest BCUT2D eigenvalue weighted by molar-refractivity contribution is 9.11. The van der Waals surface area contributed by atoms with Gasteiger partial charge in [0.05, 0.1) is 5.56 Å². The summed E-state index contributed by atoms with van der Waals surface area (Å²) >= 11 is 6.78. The second kappa shape index (κ2) is 5.88. The summed E-state index contributed by atoms with van der Waals surface area (Å²) in [6.45, 7) is 3.97. The number of benzene rings is 2. The molecular weight excluding hydrogens is 370 g/mol. The summed E-state index contributed by atoms with van der Waals surface area (Å²) in [5, 5.41) is 2.97. The van der Waals surface area contributed by atoms with Crippen molar-refractivity contribution < 1.29 is 4.79 Å². The normalized spacial score (nSPS) is 10.3. The monoisotopic (exact) mass is 381 g/mol. The van der Waals surface area contributed by atoms with Crippen LogP contribution in [0.25, 0.3) is 0 Å². The second-order valence-electron chi connectivity index (χ2n) is 4.35. The number of halogens is 2. The van der Waals surface area contributed by atoms with Gasteiger partial charge in [0.2, 0.25) is 0 Å². The van der Waals surface area contributed by atoms with Crippen LogP contribution in [0.4, 0.5) is 5.69 Å². The fraction of sp³-hybridized carbons (Fsp3) is 0.133. The van der Waals surface area contributed by atoms with Crippen molar-refractivity contribution in [1.82, 2.24) is 0 Å². The predicted octanol–water partition coefficient (Wildman–Crippen LogP) is 5.08. The van der Waals surface area contributed by atoms with Crippen molar-refractivity contribution in [2.24, 2.45) is 0 Å². The summed E-state index contributed by atoms with van der Waals surface area (Å²) in [7, 11) is 0. The molecule has 0 heterocycles. The van der Waals surface area contributed by atoms with Gasteiger partial charge in [0.1, 0.15) is 0 Å². The molecule has 1 N–H and O–H groups in total. The van der Waals surface area contributed by atoms with Crippen molar-refractivity contribution in [2.75, 3.05) is 5.32 Å². The fourth-order valence-electron chi connectivity index (χ4n) is 1.87. The molecule has 19 heavy (non-hydrogen) atoms. The van der Waals surface area contributed by atoms with Crippen LogP contribution in [0.3, 0.4) is 0 Å². The Labute approximate surface area is 129 Å². The van der Waals surface area contributed by atoms with Crippen LogP contribution in [0.2, 0.25) is 0 Å². The maximum Gasteiger partial charge on any atom is 0.256 e. The number of amides is 1. The lowest BCUT2D eigenvalue weighted by Gasteiger charge is -2.12. The molecule has 2 aromatic carbocycles. The van der Waals surface area contributed by atoms with Gasteiger partial charge in [-0.2, -0.15) is 0 Å². The second-order valence-corrected chi connectivity index (χ2v) is 6.12. The molecule has 0 spiro atoms. The van der Waals surface area contributed by atoms with Gasteiger partial charge in [-0.3, -0.25) is 4.79 Å². The third kappa shape index (κ3) is 3.25. The van der Waals surface area contributed by atoms with E-state index in [0.717, 1.165) is 25.8 Å². The molecule has 0 aromatic heterocycles. The fourth-order valence-corrected chi connectivity index (χ4v) is 3.09. The summed E-state index contributed by atoms with van der Waals surface area (Å²) in [6, 6.07) is 11.5. The SMILES string of the molecule is Cc1cccc(C)c1NC(=O)c1ccc(Br)cc1Br. The van der Waals surface area contributed by atoms with Crippen molar-refractivity contribution in [3.8, 4) is 0 Å². The smallest absolute Gasteiger partial charge is 0.256 e. The van der Waals surface area contributed by atoms with E-state index in [1.807, 2.05) is 44.2 Å². The maximum atomic E-state index is 12.3. The summed E-state index contributed by atoms with van der Waals surface area (Å²) in [4.78, 5) is 12.3. The van der Waals surface area contributed by atoms with Crippen molar-refractivity contribution >= 4 is 43.5 Å². The minimum absolute atomic E-state index is 0.114. The van der Waals surface area contributed by atoms with Gasteiger partial charge in [-0.15, -0.1) is 0 Å². The van der Waals surface area contributed by atoms with E-state index in [9.17, 15) is 4.79 Å². The Balaban J connectivity index is 2.31. The van der Waals surface area contributed by atoms with Crippen molar-refractivity contribution in [3.05, 3.63) is 62.0 Å². The molecule has 0 fully saturated rings. The van der Waals surface area contributed by atoms with Crippen LogP contribution in [0, 0.1) is 13.8 Å². The first-order chi connectivity index (χ1) is 8.99. The zero-order valence-corrected chi connectivity index (χ0v) is 13.8. The summed E-state index contributed by atoms with van der Waals surface area (Å²) in [6.07, 6.45) is 0. The largest absolute Gasteiger partial charge is 0.321 e. The average Bonchev–Trinajstić information content (AvgIpc) is 2.33. The molecule has 0 saturated heterocycles. The van der Waals surface area contributed by atoms with Crippen LogP contribution in [0.5, 0.6) is 0 Å². The van der Waals surface area contributed by atoms with Gasteiger partial charge in [0, 0.05) is 14.6 Å². The van der Waals surface area contributed by atoms with E-state index in [1.54, 1.807) is 6.07 Å². The number of hydrogen-bond donors (Lipinski definition) is 1. The molecule has 4 heteroatoms. The molecule has 0 aliphatic rings. The van der Waals surface area contributed by atoms with Gasteiger partial charge in [0.15, 0.2) is 0 Å². The molecule has 0 aliphatic carbocycles. The molecular formula is C15H13Br2NO. The first-order valence-corrected chi connectivity index (χ1v) is 7.40.